The number of H-pyrrole nitrogens is 2. The number of nitrogens with one attached hydrogen (secondary N) is 2. The van der Waals surface area contributed by atoms with Gasteiger partial charge in [0.25, 0.3) is 0 Å². The normalized spacial score (nSPS) is 17.5. The van der Waals surface area contributed by atoms with Gasteiger partial charge in [0.1, 0.15) is 6.23 Å². The number of hydrogen-bond donors (Lipinski definition) is 2. The Morgan fingerprint density at radius 2 is 1.41 bits per heavy atom. The standard InChI is InChI=1S/C28H25N5O/c1-18(34-2)33-12-4-3-5-28(33)26-16-25-15-23-9-8-21(30-23)13-19-6-7-20(29-19)14-22-10-11-24(31-22)17-27(26)32-25/h3-18,28-29,32H,1-2H3. The zero-order chi connectivity index (χ0) is 23.1. The zero-order valence-electron chi connectivity index (χ0n) is 19.1. The predicted molar refractivity (Wildman–Crippen MR) is 138 cm³/mol. The van der Waals surface area contributed by atoms with Gasteiger partial charge in [-0.1, -0.05) is 12.2 Å². The first-order chi connectivity index (χ1) is 16.6. The van der Waals surface area contributed by atoms with E-state index >= 15 is 0 Å². The first-order valence-electron chi connectivity index (χ1n) is 11.4. The number of allylic oxidation sites excluding steroid dienone is 2. The third-order valence-electron chi connectivity index (χ3n) is 6.26. The molecule has 3 aromatic rings. The van der Waals surface area contributed by atoms with Gasteiger partial charge < -0.3 is 19.6 Å². The van der Waals surface area contributed by atoms with Gasteiger partial charge in [-0.05, 0) is 79.8 Å². The Labute approximate surface area is 197 Å². The van der Waals surface area contributed by atoms with Crippen LogP contribution in [0.5, 0.6) is 0 Å². The van der Waals surface area contributed by atoms with Gasteiger partial charge in [-0.25, -0.2) is 9.97 Å². The minimum atomic E-state index is -0.0680. The van der Waals surface area contributed by atoms with E-state index in [9.17, 15) is 0 Å². The van der Waals surface area contributed by atoms with E-state index in [1.165, 1.54) is 0 Å². The third-order valence-corrected chi connectivity index (χ3v) is 6.26. The fourth-order valence-corrected chi connectivity index (χ4v) is 4.53. The number of rotatable bonds is 3. The maximum absolute atomic E-state index is 5.64. The maximum atomic E-state index is 5.64. The van der Waals surface area contributed by atoms with Crippen LogP contribution in [-0.2, 0) is 4.74 Å². The second-order valence-corrected chi connectivity index (χ2v) is 8.58. The van der Waals surface area contributed by atoms with Crippen molar-refractivity contribution in [2.24, 2.45) is 0 Å². The van der Waals surface area contributed by atoms with E-state index < -0.39 is 0 Å². The van der Waals surface area contributed by atoms with Crippen LogP contribution < -0.4 is 0 Å². The summed E-state index contributed by atoms with van der Waals surface area (Å²) in [5.41, 5.74) is 8.82. The van der Waals surface area contributed by atoms with E-state index in [-0.39, 0.29) is 12.3 Å². The third kappa shape index (κ3) is 3.89. The molecule has 2 unspecified atom stereocenters. The van der Waals surface area contributed by atoms with Crippen LogP contribution in [0.15, 0.2) is 66.9 Å². The first-order valence-corrected chi connectivity index (χ1v) is 11.4. The average molecular weight is 448 g/mol. The Morgan fingerprint density at radius 3 is 2.06 bits per heavy atom. The summed E-state index contributed by atoms with van der Waals surface area (Å²) < 4.78 is 5.64. The van der Waals surface area contributed by atoms with Crippen molar-refractivity contribution in [2.45, 2.75) is 19.2 Å². The molecular weight excluding hydrogens is 422 g/mol. The van der Waals surface area contributed by atoms with Crippen LogP contribution in [0.2, 0.25) is 0 Å². The highest BCUT2D eigenvalue weighted by Gasteiger charge is 2.23. The summed E-state index contributed by atoms with van der Waals surface area (Å²) in [6.07, 6.45) is 16.5. The second-order valence-electron chi connectivity index (χ2n) is 8.58. The average Bonchev–Trinajstić information content (AvgIpc) is 3.64. The predicted octanol–water partition coefficient (Wildman–Crippen LogP) is 6.07. The molecule has 0 spiro atoms. The molecule has 3 aliphatic rings. The SMILES string of the molecule is COC(C)N1C=CC=CC1c1cc2cc3nc(cc4ccc(cc5nc(cc1[nH]2)C=C5)[nH]4)C=C3. The molecule has 3 aromatic heterocycles. The van der Waals surface area contributed by atoms with Crippen molar-refractivity contribution in [1.29, 1.82) is 0 Å². The molecule has 6 heterocycles. The Balaban J connectivity index is 1.60. The summed E-state index contributed by atoms with van der Waals surface area (Å²) in [5.74, 6) is 0. The van der Waals surface area contributed by atoms with Gasteiger partial charge in [-0.15, -0.1) is 0 Å². The number of nitrogens with zero attached hydrogens (tertiary/aromatic N) is 3. The number of ether oxygens (including phenoxy) is 1. The van der Waals surface area contributed by atoms with E-state index in [2.05, 4.69) is 76.5 Å². The lowest BCUT2D eigenvalue weighted by molar-refractivity contribution is -0.00472. The number of methoxy groups -OCH3 is 1. The zero-order valence-corrected chi connectivity index (χ0v) is 19.1. The summed E-state index contributed by atoms with van der Waals surface area (Å²) in [6.45, 7) is 2.06. The van der Waals surface area contributed by atoms with Crippen molar-refractivity contribution in [3.05, 3.63) is 95.2 Å². The van der Waals surface area contributed by atoms with Gasteiger partial charge in [-0.2, -0.15) is 0 Å². The summed E-state index contributed by atoms with van der Waals surface area (Å²) in [7, 11) is 1.73. The Kier molecular flexibility index (Phi) is 5.00. The summed E-state index contributed by atoms with van der Waals surface area (Å²) in [5, 5.41) is 0. The number of aromatic nitrogens is 4. The van der Waals surface area contributed by atoms with Gasteiger partial charge in [-0.3, -0.25) is 0 Å². The molecule has 6 rings (SSSR count). The van der Waals surface area contributed by atoms with Crippen LogP contribution in [0.25, 0.3) is 46.4 Å². The minimum Gasteiger partial charge on any atom is -0.362 e. The maximum Gasteiger partial charge on any atom is 0.127 e. The van der Waals surface area contributed by atoms with Gasteiger partial charge >= 0.3 is 0 Å². The monoisotopic (exact) mass is 447 g/mol. The first kappa shape index (κ1) is 20.4. The lowest BCUT2D eigenvalue weighted by atomic mass is 10.0. The smallest absolute Gasteiger partial charge is 0.127 e. The number of aromatic amines is 2. The molecule has 0 amide bonds. The lowest BCUT2D eigenvalue weighted by Gasteiger charge is -2.34. The molecule has 0 saturated carbocycles. The Morgan fingerprint density at radius 1 is 0.794 bits per heavy atom. The molecule has 6 nitrogen and oxygen atoms in total. The van der Waals surface area contributed by atoms with Crippen molar-refractivity contribution < 1.29 is 4.74 Å². The largest absolute Gasteiger partial charge is 0.362 e. The van der Waals surface area contributed by atoms with Crippen molar-refractivity contribution in [3.8, 4) is 0 Å². The highest BCUT2D eigenvalue weighted by atomic mass is 16.5. The quantitative estimate of drug-likeness (QED) is 0.352. The van der Waals surface area contributed by atoms with Crippen LogP contribution in [0, 0.1) is 0 Å². The number of hydrogen-bond acceptors (Lipinski definition) is 4. The van der Waals surface area contributed by atoms with Gasteiger partial charge in [0, 0.05) is 40.9 Å². The van der Waals surface area contributed by atoms with Crippen LogP contribution in [0.4, 0.5) is 0 Å². The van der Waals surface area contributed by atoms with Crippen molar-refractivity contribution in [2.75, 3.05) is 7.11 Å². The molecular formula is C28H25N5O. The number of fused-ring (bicyclic) bond motifs is 8. The molecule has 6 heteroatoms. The molecule has 168 valence electrons. The molecule has 0 aromatic carbocycles. The fraction of sp³-hybridized carbons (Fsp3) is 0.143. The molecule has 8 bridgehead atoms. The van der Waals surface area contributed by atoms with Crippen LogP contribution in [-0.4, -0.2) is 38.2 Å². The lowest BCUT2D eigenvalue weighted by Crippen LogP contribution is -2.33. The van der Waals surface area contributed by atoms with Gasteiger partial charge in [0.05, 0.1) is 28.8 Å². The van der Waals surface area contributed by atoms with E-state index in [1.807, 2.05) is 36.4 Å². The minimum absolute atomic E-state index is 0.0289. The van der Waals surface area contributed by atoms with E-state index in [0.29, 0.717) is 0 Å². The van der Waals surface area contributed by atoms with Crippen LogP contribution >= 0.6 is 0 Å². The Bertz CT molecular complexity index is 1540. The molecule has 2 N–H and O–H groups in total. The van der Waals surface area contributed by atoms with Crippen molar-refractivity contribution in [1.82, 2.24) is 24.8 Å². The molecule has 34 heavy (non-hydrogen) atoms. The summed E-state index contributed by atoms with van der Waals surface area (Å²) >= 11 is 0. The highest BCUT2D eigenvalue weighted by molar-refractivity contribution is 5.78. The van der Waals surface area contributed by atoms with Crippen LogP contribution in [0.3, 0.4) is 0 Å². The molecule has 0 fully saturated rings. The van der Waals surface area contributed by atoms with Crippen molar-refractivity contribution >= 4 is 46.4 Å². The molecule has 2 atom stereocenters. The second kappa shape index (κ2) is 8.32. The van der Waals surface area contributed by atoms with E-state index in [4.69, 9.17) is 14.7 Å². The Hall–Kier alpha value is -4.16. The highest BCUT2D eigenvalue weighted by Crippen LogP contribution is 2.32. The topological polar surface area (TPSA) is 69.8 Å². The van der Waals surface area contributed by atoms with E-state index in [1.54, 1.807) is 7.11 Å². The fourth-order valence-electron chi connectivity index (χ4n) is 4.53. The molecule has 0 saturated heterocycles. The van der Waals surface area contributed by atoms with Crippen molar-refractivity contribution in [3.63, 3.8) is 0 Å². The van der Waals surface area contributed by atoms with Gasteiger partial charge in [0.15, 0.2) is 0 Å². The summed E-state index contributed by atoms with van der Waals surface area (Å²) in [4.78, 5) is 18.8. The van der Waals surface area contributed by atoms with Gasteiger partial charge in [0.2, 0.25) is 0 Å². The van der Waals surface area contributed by atoms with Crippen LogP contribution in [0.1, 0.15) is 41.3 Å². The molecule has 3 aliphatic heterocycles. The summed E-state index contributed by atoms with van der Waals surface area (Å²) in [6, 6.07) is 14.6. The molecule has 0 radical (unpaired) electrons. The van der Waals surface area contributed by atoms with E-state index in [0.717, 1.165) is 50.4 Å². The molecule has 0 aliphatic carbocycles.